The molecule has 0 aromatic rings. The van der Waals surface area contributed by atoms with Gasteiger partial charge in [-0.25, -0.2) is 4.57 Å². The fourth-order valence-electron chi connectivity index (χ4n) is 5.05. The smallest absolute Gasteiger partial charge is 0.462 e. The molecule has 61 heavy (non-hydrogen) atoms. The van der Waals surface area contributed by atoms with Crippen LogP contribution >= 0.6 is 7.82 Å². The number of carbonyl (C=O) groups excluding carboxylic acids is 2. The van der Waals surface area contributed by atoms with Crippen LogP contribution in [0.25, 0.3) is 0 Å². The maximum Gasteiger partial charge on any atom is 0.472 e. The second-order valence-corrected chi connectivity index (χ2v) is 17.0. The van der Waals surface area contributed by atoms with Crippen LogP contribution in [0.5, 0.6) is 0 Å². The monoisotopic (exact) mass is 871 g/mol. The molecular weight excluding hydrogens is 790 g/mol. The second-order valence-electron chi connectivity index (χ2n) is 15.5. The number of likely N-dealkylation sites (N-methyl/N-ethyl adjacent to an activating group) is 1. The third kappa shape index (κ3) is 44.2. The van der Waals surface area contributed by atoms with E-state index < -0.39 is 38.6 Å². The van der Waals surface area contributed by atoms with Gasteiger partial charge in [-0.15, -0.1) is 0 Å². The van der Waals surface area contributed by atoms with Crippen LogP contribution in [0, 0.1) is 0 Å². The Hall–Kier alpha value is -3.63. The van der Waals surface area contributed by atoms with Gasteiger partial charge in [0, 0.05) is 12.8 Å². The Labute approximate surface area is 370 Å². The van der Waals surface area contributed by atoms with E-state index >= 15 is 0 Å². The lowest BCUT2D eigenvalue weighted by molar-refractivity contribution is -0.870. The summed E-state index contributed by atoms with van der Waals surface area (Å²) >= 11 is 0. The summed E-state index contributed by atoms with van der Waals surface area (Å²) in [4.78, 5) is 35.4. The summed E-state index contributed by atoms with van der Waals surface area (Å²) < 4.78 is 34.0. The van der Waals surface area contributed by atoms with Crippen LogP contribution in [0.2, 0.25) is 0 Å². The van der Waals surface area contributed by atoms with Crippen molar-refractivity contribution in [2.75, 3.05) is 47.5 Å². The first-order chi connectivity index (χ1) is 29.4. The van der Waals surface area contributed by atoms with Gasteiger partial charge < -0.3 is 24.0 Å². The number of hydrogen-bond donors (Lipinski definition) is 2. The number of esters is 2. The predicted octanol–water partition coefficient (Wildman–Crippen LogP) is 11.9. The van der Waals surface area contributed by atoms with Gasteiger partial charge in [0.15, 0.2) is 6.10 Å². The van der Waals surface area contributed by atoms with Gasteiger partial charge in [-0.1, -0.05) is 148 Å². The maximum absolute atomic E-state index is 12.7. The van der Waals surface area contributed by atoms with E-state index in [4.69, 9.17) is 18.5 Å². The van der Waals surface area contributed by atoms with Crippen LogP contribution in [0.3, 0.4) is 0 Å². The van der Waals surface area contributed by atoms with Gasteiger partial charge in [-0.05, 0) is 83.5 Å². The van der Waals surface area contributed by atoms with E-state index in [9.17, 15) is 24.2 Å². The summed E-state index contributed by atoms with van der Waals surface area (Å²) in [5, 5.41) is 10.4. The molecule has 0 amide bonds. The van der Waals surface area contributed by atoms with E-state index in [0.717, 1.165) is 57.8 Å². The van der Waals surface area contributed by atoms with Gasteiger partial charge >= 0.3 is 19.8 Å². The highest BCUT2D eigenvalue weighted by atomic mass is 31.2. The molecule has 0 aliphatic rings. The van der Waals surface area contributed by atoms with Crippen LogP contribution in [-0.4, -0.2) is 86.1 Å². The Bertz CT molecular complexity index is 1460. The van der Waals surface area contributed by atoms with Gasteiger partial charge in [0.05, 0.1) is 33.9 Å². The lowest BCUT2D eigenvalue weighted by Crippen LogP contribution is -2.37. The third-order valence-corrected chi connectivity index (χ3v) is 9.58. The Kier molecular flexibility index (Phi) is 38.0. The van der Waals surface area contributed by atoms with Gasteiger partial charge in [0.1, 0.15) is 19.8 Å². The van der Waals surface area contributed by atoms with E-state index in [-0.39, 0.29) is 32.5 Å². The molecule has 0 spiro atoms. The number of phosphoric acid groups is 1. The van der Waals surface area contributed by atoms with Gasteiger partial charge in [0.2, 0.25) is 0 Å². The highest BCUT2D eigenvalue weighted by Gasteiger charge is 2.27. The number of nitrogens with zero attached hydrogens (tertiary/aromatic N) is 1. The quantitative estimate of drug-likeness (QED) is 0.0156. The average Bonchev–Trinajstić information content (AvgIpc) is 3.21. The fraction of sp³-hybridized carbons (Fsp3) is 0.560. The molecule has 0 bridgehead atoms. The van der Waals surface area contributed by atoms with Crippen LogP contribution < -0.4 is 0 Å². The number of carbonyl (C=O) groups is 2. The number of ether oxygens (including phenoxy) is 2. The summed E-state index contributed by atoms with van der Waals surface area (Å²) in [6, 6.07) is 0. The Balaban J connectivity index is 4.71. The zero-order chi connectivity index (χ0) is 45.1. The molecule has 10 nitrogen and oxygen atoms in total. The van der Waals surface area contributed by atoms with Crippen molar-refractivity contribution in [1.82, 2.24) is 0 Å². The lowest BCUT2D eigenvalue weighted by atomic mass is 10.2. The standard InChI is InChI=1S/C50H80NO9P/c1-6-8-10-12-14-16-18-20-22-24-26-28-30-32-34-36-38-40-49(53)57-45-48(46-59-61(55,56)58-44-43-51(3,4)5)60-50(54)42-41-47(52)39-37-35-33-31-29-27-25-23-21-19-17-15-13-11-9-7-2/h9,11,14-17,20-23,26-29,32-35,37,39,47-48,52H,6-8,10,12-13,18-19,24-25,30-31,36,38,40-46H2,1-5H3/p+1/b11-9-,16-14-,17-15-,22-20-,23-21-,28-26-,29-27-,34-32-,35-33-,39-37-/t47?,48-/m1/s1. The van der Waals surface area contributed by atoms with E-state index in [2.05, 4.69) is 105 Å². The number of hydrogen-bond acceptors (Lipinski definition) is 8. The number of aliphatic hydroxyl groups is 1. The van der Waals surface area contributed by atoms with Crippen molar-refractivity contribution in [3.05, 3.63) is 122 Å². The van der Waals surface area contributed by atoms with Crippen LogP contribution in [-0.2, 0) is 32.7 Å². The highest BCUT2D eigenvalue weighted by molar-refractivity contribution is 7.47. The van der Waals surface area contributed by atoms with Crippen molar-refractivity contribution in [2.45, 2.75) is 135 Å². The van der Waals surface area contributed by atoms with Crippen LogP contribution in [0.1, 0.15) is 123 Å². The molecule has 344 valence electrons. The molecule has 0 heterocycles. The summed E-state index contributed by atoms with van der Waals surface area (Å²) in [6.07, 6.45) is 53.0. The minimum atomic E-state index is -4.47. The van der Waals surface area contributed by atoms with E-state index in [1.165, 1.54) is 19.3 Å². The van der Waals surface area contributed by atoms with Crippen molar-refractivity contribution in [3.63, 3.8) is 0 Å². The minimum Gasteiger partial charge on any atom is -0.462 e. The van der Waals surface area contributed by atoms with Crippen molar-refractivity contribution in [1.29, 1.82) is 0 Å². The van der Waals surface area contributed by atoms with Crippen LogP contribution in [0.15, 0.2) is 122 Å². The molecule has 0 aromatic heterocycles. The predicted molar refractivity (Wildman–Crippen MR) is 253 cm³/mol. The maximum atomic E-state index is 12.7. The van der Waals surface area contributed by atoms with Crippen molar-refractivity contribution >= 4 is 19.8 Å². The molecule has 0 aromatic carbocycles. The zero-order valence-electron chi connectivity index (χ0n) is 38.2. The van der Waals surface area contributed by atoms with Gasteiger partial charge in [-0.2, -0.15) is 0 Å². The molecule has 0 aliphatic carbocycles. The highest BCUT2D eigenvalue weighted by Crippen LogP contribution is 2.43. The first kappa shape index (κ1) is 57.4. The van der Waals surface area contributed by atoms with Gasteiger partial charge in [-0.3, -0.25) is 18.6 Å². The normalized spacial score (nSPS) is 15.2. The Morgan fingerprint density at radius 2 is 1.11 bits per heavy atom. The summed E-state index contributed by atoms with van der Waals surface area (Å²) in [7, 11) is 1.28. The molecule has 0 fully saturated rings. The second kappa shape index (κ2) is 40.4. The number of aliphatic hydroxyl groups excluding tert-OH is 1. The SMILES string of the molecule is CC/C=C\C/C=C\C/C=C\C/C=C\C/C=C\C=C/C(O)CCC(=O)O[C@H](COC(=O)CCC/C=C\C/C=C\C/C=C\C/C=C\CCCCC)COP(=O)(O)OCC[N+](C)(C)C. The fourth-order valence-corrected chi connectivity index (χ4v) is 5.80. The molecular formula is C50H81NO9P+. The van der Waals surface area contributed by atoms with Crippen LogP contribution in [0.4, 0.5) is 0 Å². The number of phosphoric ester groups is 1. The molecule has 0 aliphatic heterocycles. The third-order valence-electron chi connectivity index (χ3n) is 8.59. The molecule has 2 N–H and O–H groups in total. The molecule has 0 radical (unpaired) electrons. The molecule has 0 rings (SSSR count). The zero-order valence-corrected chi connectivity index (χ0v) is 39.1. The average molecular weight is 871 g/mol. The molecule has 11 heteroatoms. The Morgan fingerprint density at radius 3 is 1.64 bits per heavy atom. The lowest BCUT2D eigenvalue weighted by Gasteiger charge is -2.24. The molecule has 0 saturated carbocycles. The van der Waals surface area contributed by atoms with Crippen molar-refractivity contribution in [2.24, 2.45) is 0 Å². The van der Waals surface area contributed by atoms with E-state index in [0.29, 0.717) is 23.9 Å². The summed E-state index contributed by atoms with van der Waals surface area (Å²) in [5.74, 6) is -1.16. The molecule has 2 unspecified atom stereocenters. The van der Waals surface area contributed by atoms with Crippen molar-refractivity contribution < 1.29 is 47.2 Å². The number of unbranched alkanes of at least 4 members (excludes halogenated alkanes) is 4. The number of allylic oxidation sites excluding steroid dienone is 19. The topological polar surface area (TPSA) is 129 Å². The Morgan fingerprint density at radius 1 is 0.607 bits per heavy atom. The number of quaternary nitrogens is 1. The molecule has 3 atom stereocenters. The first-order valence-electron chi connectivity index (χ1n) is 22.4. The summed E-state index contributed by atoms with van der Waals surface area (Å²) in [5.41, 5.74) is 0. The number of rotatable bonds is 38. The largest absolute Gasteiger partial charge is 0.472 e. The van der Waals surface area contributed by atoms with Crippen molar-refractivity contribution in [3.8, 4) is 0 Å². The molecule has 0 saturated heterocycles. The minimum absolute atomic E-state index is 0.0266. The first-order valence-corrected chi connectivity index (χ1v) is 23.9. The summed E-state index contributed by atoms with van der Waals surface area (Å²) in [6.45, 7) is 3.90. The van der Waals surface area contributed by atoms with Gasteiger partial charge in [0.25, 0.3) is 0 Å². The van der Waals surface area contributed by atoms with E-state index in [1.54, 1.807) is 12.2 Å². The van der Waals surface area contributed by atoms with E-state index in [1.807, 2.05) is 39.4 Å².